The number of halogens is 3. The van der Waals surface area contributed by atoms with E-state index in [1.807, 2.05) is 0 Å². The summed E-state index contributed by atoms with van der Waals surface area (Å²) in [5.41, 5.74) is 1.10. The lowest BCUT2D eigenvalue weighted by Gasteiger charge is -2.09. The van der Waals surface area contributed by atoms with Gasteiger partial charge in [-0.3, -0.25) is 4.79 Å². The number of hydrogen-bond acceptors (Lipinski definition) is 6. The van der Waals surface area contributed by atoms with Gasteiger partial charge in [-0.2, -0.15) is 0 Å². The summed E-state index contributed by atoms with van der Waals surface area (Å²) in [5.74, 6) is -0.614. The SMILES string of the molecule is O=C(Cc1csc(-c2ccc(OC(F)(F)F)cc2)n1)N[C@H]1CCS(=O)(=O)C1. The predicted molar refractivity (Wildman–Crippen MR) is 93.1 cm³/mol. The summed E-state index contributed by atoms with van der Waals surface area (Å²) in [6.07, 6.45) is -4.34. The van der Waals surface area contributed by atoms with Gasteiger partial charge in [0.1, 0.15) is 10.8 Å². The first-order valence-electron chi connectivity index (χ1n) is 7.90. The van der Waals surface area contributed by atoms with Crippen molar-refractivity contribution >= 4 is 27.1 Å². The number of alkyl halides is 3. The second-order valence-corrected chi connectivity index (χ2v) is 9.15. The molecular formula is C16H15F3N2O4S2. The van der Waals surface area contributed by atoms with Gasteiger partial charge in [-0.1, -0.05) is 0 Å². The first kappa shape index (κ1) is 19.6. The zero-order valence-corrected chi connectivity index (χ0v) is 15.5. The zero-order chi connectivity index (χ0) is 19.7. The van der Waals surface area contributed by atoms with Gasteiger partial charge >= 0.3 is 6.36 Å². The molecule has 1 aliphatic heterocycles. The highest BCUT2D eigenvalue weighted by Crippen LogP contribution is 2.28. The normalized spacial score (nSPS) is 19.0. The maximum absolute atomic E-state index is 12.2. The van der Waals surface area contributed by atoms with Crippen LogP contribution in [0.15, 0.2) is 29.6 Å². The van der Waals surface area contributed by atoms with Gasteiger partial charge in [0, 0.05) is 17.0 Å². The van der Waals surface area contributed by atoms with Crippen molar-refractivity contribution in [2.75, 3.05) is 11.5 Å². The van der Waals surface area contributed by atoms with Crippen molar-refractivity contribution in [3.63, 3.8) is 0 Å². The number of amides is 1. The molecule has 0 unspecified atom stereocenters. The average Bonchev–Trinajstić information content (AvgIpc) is 3.13. The van der Waals surface area contributed by atoms with Crippen molar-refractivity contribution in [1.82, 2.24) is 10.3 Å². The van der Waals surface area contributed by atoms with Crippen LogP contribution in [0.25, 0.3) is 10.6 Å². The summed E-state index contributed by atoms with van der Waals surface area (Å²) in [4.78, 5) is 16.3. The van der Waals surface area contributed by atoms with Crippen LogP contribution in [-0.4, -0.2) is 43.2 Å². The summed E-state index contributed by atoms with van der Waals surface area (Å²) in [7, 11) is -3.07. The average molecular weight is 420 g/mol. The Kier molecular flexibility index (Phi) is 5.43. The van der Waals surface area contributed by atoms with Crippen molar-refractivity contribution in [1.29, 1.82) is 0 Å². The predicted octanol–water partition coefficient (Wildman–Crippen LogP) is 2.55. The first-order chi connectivity index (χ1) is 12.6. The minimum absolute atomic E-state index is 0.00230. The van der Waals surface area contributed by atoms with Crippen LogP contribution >= 0.6 is 11.3 Å². The molecule has 1 aliphatic rings. The standard InChI is InChI=1S/C16H15F3N2O4S2/c17-16(18,19)25-13-3-1-10(2-4-13)15-21-12(8-26-15)7-14(22)20-11-5-6-27(23,24)9-11/h1-4,8,11H,5-7,9H2,(H,20,22)/t11-/m0/s1. The van der Waals surface area contributed by atoms with E-state index in [9.17, 15) is 26.4 Å². The molecule has 0 bridgehead atoms. The van der Waals surface area contributed by atoms with E-state index >= 15 is 0 Å². The molecule has 1 aromatic heterocycles. The van der Waals surface area contributed by atoms with Crippen LogP contribution in [0.2, 0.25) is 0 Å². The van der Waals surface area contributed by atoms with Crippen LogP contribution < -0.4 is 10.1 Å². The molecule has 1 atom stereocenters. The number of thiazole rings is 1. The van der Waals surface area contributed by atoms with Crippen molar-refractivity contribution < 1.29 is 31.1 Å². The van der Waals surface area contributed by atoms with Gasteiger partial charge in [0.2, 0.25) is 5.91 Å². The van der Waals surface area contributed by atoms with Crippen molar-refractivity contribution in [3.8, 4) is 16.3 Å². The Bertz CT molecular complexity index is 924. The maximum Gasteiger partial charge on any atom is 0.573 e. The summed E-state index contributed by atoms with van der Waals surface area (Å²) in [5, 5.41) is 4.92. The van der Waals surface area contributed by atoms with Crippen molar-refractivity contribution in [2.24, 2.45) is 0 Å². The zero-order valence-electron chi connectivity index (χ0n) is 13.8. The third kappa shape index (κ3) is 5.67. The number of sulfone groups is 1. The molecule has 1 fully saturated rings. The summed E-state index contributed by atoms with van der Waals surface area (Å²) in [6, 6.07) is 4.91. The van der Waals surface area contributed by atoms with Crippen molar-refractivity contribution in [2.45, 2.75) is 25.2 Å². The van der Waals surface area contributed by atoms with Gasteiger partial charge in [0.25, 0.3) is 0 Å². The van der Waals surface area contributed by atoms with Gasteiger partial charge in [0.15, 0.2) is 9.84 Å². The van der Waals surface area contributed by atoms with Gasteiger partial charge in [-0.05, 0) is 30.7 Å². The molecule has 1 aromatic carbocycles. The molecule has 3 rings (SSSR count). The van der Waals surface area contributed by atoms with E-state index in [-0.39, 0.29) is 35.6 Å². The lowest BCUT2D eigenvalue weighted by atomic mass is 10.2. The molecule has 6 nitrogen and oxygen atoms in total. The molecule has 11 heteroatoms. The minimum Gasteiger partial charge on any atom is -0.406 e. The molecule has 146 valence electrons. The fourth-order valence-corrected chi connectivity index (χ4v) is 5.17. The van der Waals surface area contributed by atoms with E-state index in [0.717, 1.165) is 0 Å². The molecule has 2 heterocycles. The largest absolute Gasteiger partial charge is 0.573 e. The topological polar surface area (TPSA) is 85.4 Å². The Balaban J connectivity index is 1.59. The van der Waals surface area contributed by atoms with Gasteiger partial charge in [-0.25, -0.2) is 13.4 Å². The number of aromatic nitrogens is 1. The Hall–Kier alpha value is -2.14. The molecule has 0 spiro atoms. The van der Waals surface area contributed by atoms with E-state index in [1.54, 1.807) is 5.38 Å². The van der Waals surface area contributed by atoms with Gasteiger partial charge in [0.05, 0.1) is 23.6 Å². The second-order valence-electron chi connectivity index (χ2n) is 6.06. The molecule has 0 aliphatic carbocycles. The van der Waals surface area contributed by atoms with Crippen LogP contribution in [0.4, 0.5) is 13.2 Å². The van der Waals surface area contributed by atoms with Crippen LogP contribution in [0, 0.1) is 0 Å². The van der Waals surface area contributed by atoms with E-state index < -0.39 is 16.2 Å². The van der Waals surface area contributed by atoms with Gasteiger partial charge < -0.3 is 10.1 Å². The Labute approximate surface area is 157 Å². The number of carbonyl (C=O) groups is 1. The number of ether oxygens (including phenoxy) is 1. The van der Waals surface area contributed by atoms with Crippen LogP contribution in [-0.2, 0) is 21.1 Å². The highest BCUT2D eigenvalue weighted by atomic mass is 32.2. The van der Waals surface area contributed by atoms with E-state index in [1.165, 1.54) is 35.6 Å². The van der Waals surface area contributed by atoms with Crippen LogP contribution in [0.5, 0.6) is 5.75 Å². The van der Waals surface area contributed by atoms with E-state index in [4.69, 9.17) is 0 Å². The van der Waals surface area contributed by atoms with E-state index in [2.05, 4.69) is 15.0 Å². The third-order valence-corrected chi connectivity index (χ3v) is 6.53. The fraction of sp³-hybridized carbons (Fsp3) is 0.375. The number of carbonyl (C=O) groups excluding carboxylic acids is 1. The van der Waals surface area contributed by atoms with Gasteiger partial charge in [-0.15, -0.1) is 24.5 Å². The number of hydrogen-bond donors (Lipinski definition) is 1. The minimum atomic E-state index is -4.75. The highest BCUT2D eigenvalue weighted by molar-refractivity contribution is 7.91. The number of nitrogens with one attached hydrogen (secondary N) is 1. The summed E-state index contributed by atoms with van der Waals surface area (Å²) in [6.45, 7) is 0. The number of benzene rings is 1. The third-order valence-electron chi connectivity index (χ3n) is 3.83. The smallest absolute Gasteiger partial charge is 0.406 e. The summed E-state index contributed by atoms with van der Waals surface area (Å²) >= 11 is 1.26. The lowest BCUT2D eigenvalue weighted by molar-refractivity contribution is -0.274. The number of nitrogens with zero attached hydrogens (tertiary/aromatic N) is 1. The second kappa shape index (κ2) is 7.47. The fourth-order valence-electron chi connectivity index (χ4n) is 2.67. The Morgan fingerprint density at radius 1 is 1.30 bits per heavy atom. The molecule has 0 saturated carbocycles. The Morgan fingerprint density at radius 2 is 2.00 bits per heavy atom. The molecule has 1 amide bonds. The molecular weight excluding hydrogens is 405 g/mol. The molecule has 2 aromatic rings. The Morgan fingerprint density at radius 3 is 2.59 bits per heavy atom. The first-order valence-corrected chi connectivity index (χ1v) is 10.6. The van der Waals surface area contributed by atoms with Crippen molar-refractivity contribution in [3.05, 3.63) is 35.3 Å². The molecule has 1 N–H and O–H groups in total. The van der Waals surface area contributed by atoms with Crippen LogP contribution in [0.1, 0.15) is 12.1 Å². The quantitative estimate of drug-likeness (QED) is 0.804. The molecule has 27 heavy (non-hydrogen) atoms. The lowest BCUT2D eigenvalue weighted by Crippen LogP contribution is -2.36. The van der Waals surface area contributed by atoms with E-state index in [0.29, 0.717) is 22.7 Å². The number of rotatable bonds is 5. The maximum atomic E-state index is 12.2. The molecule has 1 saturated heterocycles. The highest BCUT2D eigenvalue weighted by Gasteiger charge is 2.31. The molecule has 0 radical (unpaired) electrons. The monoisotopic (exact) mass is 420 g/mol. The summed E-state index contributed by atoms with van der Waals surface area (Å²) < 4.78 is 63.2. The van der Waals surface area contributed by atoms with Crippen LogP contribution in [0.3, 0.4) is 0 Å².